The largest absolute Gasteiger partial charge is 0.469 e. The van der Waals surface area contributed by atoms with Crippen LogP contribution in [0.25, 0.3) is 0 Å². The summed E-state index contributed by atoms with van der Waals surface area (Å²) >= 11 is 0. The first-order valence-corrected chi connectivity index (χ1v) is 6.67. The van der Waals surface area contributed by atoms with Gasteiger partial charge >= 0.3 is 0 Å². The first-order valence-electron chi connectivity index (χ1n) is 6.67. The van der Waals surface area contributed by atoms with Crippen LogP contribution in [0, 0.1) is 19.7 Å². The number of halogens is 1. The van der Waals surface area contributed by atoms with Gasteiger partial charge in [0.1, 0.15) is 11.6 Å². The minimum Gasteiger partial charge on any atom is -0.469 e. The van der Waals surface area contributed by atoms with E-state index in [0.29, 0.717) is 5.56 Å². The van der Waals surface area contributed by atoms with Crippen molar-refractivity contribution < 1.29 is 8.81 Å². The van der Waals surface area contributed by atoms with Crippen LogP contribution in [-0.4, -0.2) is 6.54 Å². The Balaban J connectivity index is 2.37. The lowest BCUT2D eigenvalue weighted by Crippen LogP contribution is -2.23. The minimum atomic E-state index is -0.165. The Morgan fingerprint density at radius 2 is 2.05 bits per heavy atom. The molecule has 1 aromatic carbocycles. The summed E-state index contributed by atoms with van der Waals surface area (Å²) in [6.07, 6.45) is 2.71. The van der Waals surface area contributed by atoms with Gasteiger partial charge in [-0.1, -0.05) is 19.1 Å². The number of benzene rings is 1. The molecule has 0 radical (unpaired) electrons. The molecule has 0 spiro atoms. The molecule has 0 aliphatic carbocycles. The predicted molar refractivity (Wildman–Crippen MR) is 74.7 cm³/mol. The summed E-state index contributed by atoms with van der Waals surface area (Å²) in [7, 11) is 0. The van der Waals surface area contributed by atoms with E-state index >= 15 is 0 Å². The van der Waals surface area contributed by atoms with E-state index in [1.54, 1.807) is 19.3 Å². The number of hydrogen-bond acceptors (Lipinski definition) is 2. The molecule has 3 heteroatoms. The fourth-order valence-corrected chi connectivity index (χ4v) is 2.18. The number of aryl methyl sites for hydroxylation is 2. The summed E-state index contributed by atoms with van der Waals surface area (Å²) in [5.74, 6) is 0.705. The van der Waals surface area contributed by atoms with Crippen molar-refractivity contribution in [3.05, 3.63) is 58.8 Å². The first-order chi connectivity index (χ1) is 9.13. The zero-order valence-corrected chi connectivity index (χ0v) is 11.7. The first kappa shape index (κ1) is 13.8. The minimum absolute atomic E-state index is 0.0196. The van der Waals surface area contributed by atoms with E-state index in [4.69, 9.17) is 4.42 Å². The van der Waals surface area contributed by atoms with Crippen LogP contribution in [0.2, 0.25) is 0 Å². The second-order valence-electron chi connectivity index (χ2n) is 4.83. The van der Waals surface area contributed by atoms with Crippen molar-refractivity contribution >= 4 is 0 Å². The van der Waals surface area contributed by atoms with Gasteiger partial charge in [-0.05, 0) is 50.1 Å². The molecular formula is C16H20FNO. The van der Waals surface area contributed by atoms with Crippen molar-refractivity contribution in [1.29, 1.82) is 0 Å². The molecule has 1 unspecified atom stereocenters. The van der Waals surface area contributed by atoms with Crippen LogP contribution in [-0.2, 0) is 0 Å². The van der Waals surface area contributed by atoms with E-state index in [1.807, 2.05) is 25.1 Å². The number of nitrogens with one attached hydrogen (secondary N) is 1. The Labute approximate surface area is 113 Å². The topological polar surface area (TPSA) is 25.2 Å². The predicted octanol–water partition coefficient (Wildman–Crippen LogP) is 4.12. The molecule has 0 bridgehead atoms. The fourth-order valence-electron chi connectivity index (χ4n) is 2.18. The van der Waals surface area contributed by atoms with Gasteiger partial charge in [-0.15, -0.1) is 0 Å². The van der Waals surface area contributed by atoms with Crippen LogP contribution in [0.4, 0.5) is 4.39 Å². The maximum atomic E-state index is 13.8. The summed E-state index contributed by atoms with van der Waals surface area (Å²) in [5, 5.41) is 3.45. The third-order valence-electron chi connectivity index (χ3n) is 3.34. The normalized spacial score (nSPS) is 12.6. The smallest absolute Gasteiger partial charge is 0.126 e. The highest BCUT2D eigenvalue weighted by molar-refractivity contribution is 5.35. The SMILES string of the molecule is CCCNC(c1ccc(C)c(F)c1)c1ccoc1C. The Bertz CT molecular complexity index is 547. The third-order valence-corrected chi connectivity index (χ3v) is 3.34. The van der Waals surface area contributed by atoms with E-state index in [9.17, 15) is 4.39 Å². The molecule has 1 N–H and O–H groups in total. The van der Waals surface area contributed by atoms with Crippen LogP contribution in [0.3, 0.4) is 0 Å². The second kappa shape index (κ2) is 6.02. The van der Waals surface area contributed by atoms with Crippen LogP contribution in [0.1, 0.15) is 41.8 Å². The summed E-state index contributed by atoms with van der Waals surface area (Å²) in [4.78, 5) is 0. The van der Waals surface area contributed by atoms with Crippen LogP contribution < -0.4 is 5.32 Å². The molecule has 1 heterocycles. The molecule has 1 atom stereocenters. The van der Waals surface area contributed by atoms with Gasteiger partial charge in [0.2, 0.25) is 0 Å². The molecule has 0 aliphatic heterocycles. The summed E-state index contributed by atoms with van der Waals surface area (Å²) in [6, 6.07) is 7.32. The van der Waals surface area contributed by atoms with Gasteiger partial charge in [0.05, 0.1) is 12.3 Å². The molecule has 0 fully saturated rings. The van der Waals surface area contributed by atoms with Crippen molar-refractivity contribution in [2.45, 2.75) is 33.2 Å². The highest BCUT2D eigenvalue weighted by Crippen LogP contribution is 2.26. The average Bonchev–Trinajstić information content (AvgIpc) is 2.80. The maximum Gasteiger partial charge on any atom is 0.126 e. The Kier molecular flexibility index (Phi) is 4.38. The van der Waals surface area contributed by atoms with Gasteiger partial charge in [-0.25, -0.2) is 4.39 Å². The quantitative estimate of drug-likeness (QED) is 0.875. The van der Waals surface area contributed by atoms with E-state index in [0.717, 1.165) is 29.9 Å². The Morgan fingerprint density at radius 3 is 2.63 bits per heavy atom. The number of hydrogen-bond donors (Lipinski definition) is 1. The van der Waals surface area contributed by atoms with Crippen molar-refractivity contribution in [1.82, 2.24) is 5.32 Å². The molecule has 19 heavy (non-hydrogen) atoms. The van der Waals surface area contributed by atoms with Gasteiger partial charge in [0.15, 0.2) is 0 Å². The van der Waals surface area contributed by atoms with Crippen LogP contribution >= 0.6 is 0 Å². The maximum absolute atomic E-state index is 13.8. The molecule has 1 aromatic heterocycles. The lowest BCUT2D eigenvalue weighted by Gasteiger charge is -2.19. The number of furan rings is 1. The molecular weight excluding hydrogens is 241 g/mol. The number of rotatable bonds is 5. The second-order valence-corrected chi connectivity index (χ2v) is 4.83. The zero-order valence-electron chi connectivity index (χ0n) is 11.7. The van der Waals surface area contributed by atoms with Gasteiger partial charge in [0, 0.05) is 5.56 Å². The average molecular weight is 261 g/mol. The highest BCUT2D eigenvalue weighted by atomic mass is 19.1. The third kappa shape index (κ3) is 3.04. The van der Waals surface area contributed by atoms with Crippen molar-refractivity contribution in [2.75, 3.05) is 6.54 Å². The van der Waals surface area contributed by atoms with Crippen LogP contribution in [0.5, 0.6) is 0 Å². The summed E-state index contributed by atoms with van der Waals surface area (Å²) in [6.45, 7) is 6.70. The molecule has 0 amide bonds. The zero-order chi connectivity index (χ0) is 13.8. The van der Waals surface area contributed by atoms with Crippen molar-refractivity contribution in [2.24, 2.45) is 0 Å². The van der Waals surface area contributed by atoms with E-state index in [-0.39, 0.29) is 11.9 Å². The highest BCUT2D eigenvalue weighted by Gasteiger charge is 2.18. The van der Waals surface area contributed by atoms with Crippen molar-refractivity contribution in [3.63, 3.8) is 0 Å². The van der Waals surface area contributed by atoms with Crippen molar-refractivity contribution in [3.8, 4) is 0 Å². The summed E-state index contributed by atoms with van der Waals surface area (Å²) < 4.78 is 19.1. The van der Waals surface area contributed by atoms with E-state index in [2.05, 4.69) is 12.2 Å². The Morgan fingerprint density at radius 1 is 1.26 bits per heavy atom. The molecule has 2 nitrogen and oxygen atoms in total. The lowest BCUT2D eigenvalue weighted by atomic mass is 9.98. The molecule has 102 valence electrons. The van der Waals surface area contributed by atoms with Crippen LogP contribution in [0.15, 0.2) is 34.9 Å². The van der Waals surface area contributed by atoms with Gasteiger partial charge in [-0.3, -0.25) is 0 Å². The monoisotopic (exact) mass is 261 g/mol. The molecule has 2 aromatic rings. The van der Waals surface area contributed by atoms with E-state index in [1.165, 1.54) is 0 Å². The molecule has 0 saturated carbocycles. The lowest BCUT2D eigenvalue weighted by molar-refractivity contribution is 0.516. The fraction of sp³-hybridized carbons (Fsp3) is 0.375. The van der Waals surface area contributed by atoms with Gasteiger partial charge in [0.25, 0.3) is 0 Å². The van der Waals surface area contributed by atoms with Gasteiger partial charge in [-0.2, -0.15) is 0 Å². The van der Waals surface area contributed by atoms with E-state index < -0.39 is 0 Å². The Hall–Kier alpha value is -1.61. The van der Waals surface area contributed by atoms with Gasteiger partial charge < -0.3 is 9.73 Å². The standard InChI is InChI=1S/C16H20FNO/c1-4-8-18-16(14-7-9-19-12(14)3)13-6-5-11(2)15(17)10-13/h5-7,9-10,16,18H,4,8H2,1-3H3. The molecule has 0 saturated heterocycles. The molecule has 2 rings (SSSR count). The molecule has 0 aliphatic rings. The summed E-state index contributed by atoms with van der Waals surface area (Å²) in [5.41, 5.74) is 2.67.